The SMILES string of the molecule is O=C(NC1CCN(c2ccc(-c3nn[nH]n3)cn2)CC1)C1CC1(F)F. The van der Waals surface area contributed by atoms with Gasteiger partial charge < -0.3 is 10.2 Å². The van der Waals surface area contributed by atoms with E-state index in [1.807, 2.05) is 12.1 Å². The summed E-state index contributed by atoms with van der Waals surface area (Å²) in [5, 5.41) is 16.5. The Balaban J connectivity index is 1.30. The van der Waals surface area contributed by atoms with Crippen LogP contribution in [0.1, 0.15) is 19.3 Å². The molecule has 25 heavy (non-hydrogen) atoms. The molecular formula is C15H17F2N7O. The Morgan fingerprint density at radius 2 is 2.08 bits per heavy atom. The first kappa shape index (κ1) is 15.9. The van der Waals surface area contributed by atoms with Gasteiger partial charge in [-0.3, -0.25) is 4.79 Å². The summed E-state index contributed by atoms with van der Waals surface area (Å²) in [4.78, 5) is 18.3. The van der Waals surface area contributed by atoms with Gasteiger partial charge in [-0.25, -0.2) is 13.8 Å². The lowest BCUT2D eigenvalue weighted by Crippen LogP contribution is -2.45. The number of hydrogen-bond donors (Lipinski definition) is 2. The van der Waals surface area contributed by atoms with Gasteiger partial charge in [-0.05, 0) is 30.2 Å². The normalized spacial score (nSPS) is 22.6. The Bertz CT molecular complexity index is 742. The van der Waals surface area contributed by atoms with E-state index in [9.17, 15) is 13.6 Å². The Morgan fingerprint density at radius 3 is 2.64 bits per heavy atom. The molecule has 1 aliphatic carbocycles. The molecule has 1 unspecified atom stereocenters. The van der Waals surface area contributed by atoms with Gasteiger partial charge in [-0.1, -0.05) is 0 Å². The van der Waals surface area contributed by atoms with Crippen LogP contribution >= 0.6 is 0 Å². The summed E-state index contributed by atoms with van der Waals surface area (Å²) in [6.07, 6.45) is 2.77. The summed E-state index contributed by atoms with van der Waals surface area (Å²) in [5.74, 6) is -3.16. The minimum atomic E-state index is -2.81. The maximum atomic E-state index is 12.9. The number of carbonyl (C=O) groups excluding carboxylic acids is 1. The molecule has 132 valence electrons. The quantitative estimate of drug-likeness (QED) is 0.854. The maximum absolute atomic E-state index is 12.9. The highest BCUT2D eigenvalue weighted by atomic mass is 19.3. The number of aromatic amines is 1. The molecule has 0 radical (unpaired) electrons. The van der Waals surface area contributed by atoms with Crippen LogP contribution < -0.4 is 10.2 Å². The molecule has 2 aliphatic rings. The van der Waals surface area contributed by atoms with Crippen molar-refractivity contribution in [2.45, 2.75) is 31.2 Å². The van der Waals surface area contributed by atoms with Crippen molar-refractivity contribution < 1.29 is 13.6 Å². The second kappa shape index (κ2) is 6.01. The Labute approximate surface area is 142 Å². The number of hydrogen-bond acceptors (Lipinski definition) is 6. The number of nitrogens with zero attached hydrogens (tertiary/aromatic N) is 5. The number of alkyl halides is 2. The number of amides is 1. The van der Waals surface area contributed by atoms with Gasteiger partial charge in [-0.2, -0.15) is 5.21 Å². The van der Waals surface area contributed by atoms with Crippen molar-refractivity contribution in [1.29, 1.82) is 0 Å². The van der Waals surface area contributed by atoms with E-state index in [0.29, 0.717) is 31.8 Å². The van der Waals surface area contributed by atoms with Crippen molar-refractivity contribution in [2.75, 3.05) is 18.0 Å². The molecule has 2 aromatic heterocycles. The van der Waals surface area contributed by atoms with E-state index >= 15 is 0 Å². The largest absolute Gasteiger partial charge is 0.356 e. The van der Waals surface area contributed by atoms with Gasteiger partial charge in [0.15, 0.2) is 0 Å². The highest BCUT2D eigenvalue weighted by Crippen LogP contribution is 2.48. The van der Waals surface area contributed by atoms with Gasteiger partial charge in [0.05, 0.1) is 0 Å². The molecule has 1 amide bonds. The molecule has 2 aromatic rings. The third-order valence-corrected chi connectivity index (χ3v) is 4.66. The van der Waals surface area contributed by atoms with Gasteiger partial charge >= 0.3 is 0 Å². The van der Waals surface area contributed by atoms with Crippen LogP contribution in [0, 0.1) is 5.92 Å². The van der Waals surface area contributed by atoms with Crippen LogP contribution in [-0.4, -0.2) is 56.6 Å². The van der Waals surface area contributed by atoms with E-state index in [1.165, 1.54) is 0 Å². The predicted octanol–water partition coefficient (Wildman–Crippen LogP) is 1.00. The lowest BCUT2D eigenvalue weighted by Gasteiger charge is -2.33. The highest BCUT2D eigenvalue weighted by molar-refractivity contribution is 5.83. The zero-order valence-electron chi connectivity index (χ0n) is 13.3. The lowest BCUT2D eigenvalue weighted by molar-refractivity contribution is -0.125. The molecule has 0 bridgehead atoms. The second-order valence-corrected chi connectivity index (χ2v) is 6.43. The molecule has 0 aromatic carbocycles. The summed E-state index contributed by atoms with van der Waals surface area (Å²) >= 11 is 0. The molecule has 1 saturated carbocycles. The fraction of sp³-hybridized carbons (Fsp3) is 0.533. The monoisotopic (exact) mass is 349 g/mol. The van der Waals surface area contributed by atoms with Gasteiger partial charge in [0, 0.05) is 37.3 Å². The Kier molecular flexibility index (Phi) is 3.81. The molecule has 4 rings (SSSR count). The number of aromatic nitrogens is 5. The van der Waals surface area contributed by atoms with Gasteiger partial charge in [-0.15, -0.1) is 10.2 Å². The van der Waals surface area contributed by atoms with E-state index in [4.69, 9.17) is 0 Å². The fourth-order valence-electron chi connectivity index (χ4n) is 3.04. The first-order valence-electron chi connectivity index (χ1n) is 8.16. The fourth-order valence-corrected chi connectivity index (χ4v) is 3.04. The van der Waals surface area contributed by atoms with Crippen molar-refractivity contribution in [3.05, 3.63) is 18.3 Å². The number of halogens is 2. The zero-order valence-corrected chi connectivity index (χ0v) is 13.3. The van der Waals surface area contributed by atoms with E-state index in [2.05, 4.69) is 35.8 Å². The number of piperidine rings is 1. The summed E-state index contributed by atoms with van der Waals surface area (Å²) in [6.45, 7) is 1.42. The third kappa shape index (κ3) is 3.28. The molecule has 10 heteroatoms. The maximum Gasteiger partial charge on any atom is 0.260 e. The van der Waals surface area contributed by atoms with Crippen molar-refractivity contribution in [3.63, 3.8) is 0 Å². The van der Waals surface area contributed by atoms with Crippen LogP contribution in [0.4, 0.5) is 14.6 Å². The van der Waals surface area contributed by atoms with E-state index in [0.717, 1.165) is 11.4 Å². The molecule has 1 saturated heterocycles. The van der Waals surface area contributed by atoms with E-state index < -0.39 is 17.7 Å². The molecule has 3 heterocycles. The Morgan fingerprint density at radius 1 is 1.32 bits per heavy atom. The van der Waals surface area contributed by atoms with Gasteiger partial charge in [0.1, 0.15) is 11.7 Å². The smallest absolute Gasteiger partial charge is 0.260 e. The second-order valence-electron chi connectivity index (χ2n) is 6.43. The van der Waals surface area contributed by atoms with Crippen molar-refractivity contribution in [2.24, 2.45) is 5.92 Å². The van der Waals surface area contributed by atoms with E-state index in [-0.39, 0.29) is 12.5 Å². The van der Waals surface area contributed by atoms with Crippen LogP contribution in [0.25, 0.3) is 11.4 Å². The van der Waals surface area contributed by atoms with Crippen LogP contribution in [0.2, 0.25) is 0 Å². The average molecular weight is 349 g/mol. The summed E-state index contributed by atoms with van der Waals surface area (Å²) in [5.41, 5.74) is 0.769. The number of rotatable bonds is 4. The molecule has 2 N–H and O–H groups in total. The number of tetrazole rings is 1. The topological polar surface area (TPSA) is 99.7 Å². The summed E-state index contributed by atoms with van der Waals surface area (Å²) in [7, 11) is 0. The van der Waals surface area contributed by atoms with Gasteiger partial charge in [0.2, 0.25) is 11.7 Å². The first-order valence-corrected chi connectivity index (χ1v) is 8.16. The lowest BCUT2D eigenvalue weighted by atomic mass is 10.0. The zero-order chi connectivity index (χ0) is 17.4. The predicted molar refractivity (Wildman–Crippen MR) is 83.8 cm³/mol. The number of anilines is 1. The average Bonchev–Trinajstić information content (AvgIpc) is 3.01. The molecular weight excluding hydrogens is 332 g/mol. The number of H-pyrrole nitrogens is 1. The highest BCUT2D eigenvalue weighted by Gasteiger charge is 2.61. The van der Waals surface area contributed by atoms with Crippen molar-refractivity contribution in [1.82, 2.24) is 30.9 Å². The molecule has 8 nitrogen and oxygen atoms in total. The van der Waals surface area contributed by atoms with Gasteiger partial charge in [0.25, 0.3) is 5.92 Å². The number of pyridine rings is 1. The molecule has 0 spiro atoms. The van der Waals surface area contributed by atoms with Crippen LogP contribution in [0.5, 0.6) is 0 Å². The van der Waals surface area contributed by atoms with Crippen molar-refractivity contribution in [3.8, 4) is 11.4 Å². The van der Waals surface area contributed by atoms with E-state index in [1.54, 1.807) is 6.20 Å². The van der Waals surface area contributed by atoms with Crippen molar-refractivity contribution >= 4 is 11.7 Å². The minimum Gasteiger partial charge on any atom is -0.356 e. The minimum absolute atomic E-state index is 0.0567. The van der Waals surface area contributed by atoms with Crippen LogP contribution in [0.3, 0.4) is 0 Å². The molecule has 1 atom stereocenters. The number of carbonyl (C=O) groups is 1. The standard InChI is InChI=1S/C15H17F2N7O/c16-15(17)7-11(15)14(25)19-10-3-5-24(6-4-10)12-2-1-9(8-18-12)13-20-22-23-21-13/h1-2,8,10-11H,3-7H2,(H,19,25)(H,20,21,22,23). The van der Waals surface area contributed by atoms with Crippen LogP contribution in [0.15, 0.2) is 18.3 Å². The summed E-state index contributed by atoms with van der Waals surface area (Å²) in [6, 6.07) is 3.70. The third-order valence-electron chi connectivity index (χ3n) is 4.66. The summed E-state index contributed by atoms with van der Waals surface area (Å²) < 4.78 is 25.9. The molecule has 2 fully saturated rings. The first-order chi connectivity index (χ1) is 12.0. The Hall–Kier alpha value is -2.65. The molecule has 1 aliphatic heterocycles. The number of nitrogens with one attached hydrogen (secondary N) is 2. The van der Waals surface area contributed by atoms with Crippen LogP contribution in [-0.2, 0) is 4.79 Å².